The second kappa shape index (κ2) is 10.9. The van der Waals surface area contributed by atoms with E-state index in [2.05, 4.69) is 25.3 Å². The van der Waals surface area contributed by atoms with Crippen LogP contribution in [0.2, 0.25) is 0 Å². The van der Waals surface area contributed by atoms with Gasteiger partial charge in [0.1, 0.15) is 11.6 Å². The zero-order valence-electron chi connectivity index (χ0n) is 17.2. The Morgan fingerprint density at radius 2 is 1.82 bits per heavy atom. The number of alkyl halides is 6. The lowest BCUT2D eigenvalue weighted by Gasteiger charge is -2.13. The molecule has 0 atom stereocenters. The molecule has 15 heteroatoms. The van der Waals surface area contributed by atoms with Crippen molar-refractivity contribution in [3.8, 4) is 5.75 Å². The van der Waals surface area contributed by atoms with Gasteiger partial charge in [0.05, 0.1) is 0 Å². The van der Waals surface area contributed by atoms with Crippen LogP contribution in [0, 0.1) is 0 Å². The number of amides is 1. The van der Waals surface area contributed by atoms with Crippen LogP contribution in [-0.4, -0.2) is 46.0 Å². The lowest BCUT2D eigenvalue weighted by atomic mass is 10.2. The number of hydrogen-bond acceptors (Lipinski definition) is 7. The minimum atomic E-state index is -5.08. The summed E-state index contributed by atoms with van der Waals surface area (Å²) in [6, 6.07) is 5.40. The molecule has 0 spiro atoms. The number of benzene rings is 1. The monoisotopic (exact) mass is 495 g/mol. The van der Waals surface area contributed by atoms with Gasteiger partial charge in [0.25, 0.3) is 0 Å². The number of rotatable bonds is 8. The summed E-state index contributed by atoms with van der Waals surface area (Å²) in [5.41, 5.74) is 6.43. The van der Waals surface area contributed by atoms with Crippen LogP contribution in [0.3, 0.4) is 0 Å². The summed E-state index contributed by atoms with van der Waals surface area (Å²) in [5, 5.41) is 13.0. The number of anilines is 3. The van der Waals surface area contributed by atoms with Crippen molar-refractivity contribution in [3.63, 3.8) is 0 Å². The second-order valence-corrected chi connectivity index (χ2v) is 6.92. The normalized spacial score (nSPS) is 13.4. The summed E-state index contributed by atoms with van der Waals surface area (Å²) in [6.07, 6.45) is -5.93. The molecule has 1 amide bonds. The van der Waals surface area contributed by atoms with Crippen LogP contribution in [0.5, 0.6) is 5.75 Å². The van der Waals surface area contributed by atoms with Crippen molar-refractivity contribution in [1.82, 2.24) is 9.97 Å². The van der Waals surface area contributed by atoms with E-state index in [9.17, 15) is 31.1 Å². The molecule has 1 heterocycles. The number of ether oxygens (including phenoxy) is 1. The van der Waals surface area contributed by atoms with Crippen molar-refractivity contribution < 1.29 is 45.8 Å². The molecular weight excluding hydrogens is 476 g/mol. The fraction of sp³-hybridized carbons (Fsp3) is 0.368. The van der Waals surface area contributed by atoms with E-state index in [1.165, 1.54) is 18.2 Å². The Kier molecular flexibility index (Phi) is 8.48. The van der Waals surface area contributed by atoms with Crippen molar-refractivity contribution in [3.05, 3.63) is 36.0 Å². The van der Waals surface area contributed by atoms with Crippen molar-refractivity contribution >= 4 is 29.3 Å². The van der Waals surface area contributed by atoms with Crippen LogP contribution in [0.15, 0.2) is 30.5 Å². The summed E-state index contributed by atoms with van der Waals surface area (Å²) in [7, 11) is 0. The standard InChI is InChI=1S/C17H18F3N5O2.C2HF3O2/c18-17(19,20)27-12-3-1-2-11(8-12)24-16-23-9-13(10-4-5-10)15(25-16)22-7-6-14(21)26;3-2(4,5)1(6)7/h1-3,8-10H,4-7H2,(H2,21,26)(H2,22,23,24,25);(H,6,7). The van der Waals surface area contributed by atoms with Crippen LogP contribution in [0.1, 0.15) is 30.7 Å². The van der Waals surface area contributed by atoms with E-state index in [4.69, 9.17) is 15.6 Å². The van der Waals surface area contributed by atoms with E-state index >= 15 is 0 Å². The van der Waals surface area contributed by atoms with Gasteiger partial charge in [-0.3, -0.25) is 4.79 Å². The van der Waals surface area contributed by atoms with E-state index in [1.54, 1.807) is 12.3 Å². The molecule has 1 saturated carbocycles. The Labute approximate surface area is 188 Å². The third-order valence-corrected chi connectivity index (χ3v) is 4.06. The average Bonchev–Trinajstić information content (AvgIpc) is 3.52. The molecule has 2 aromatic rings. The molecule has 1 aliphatic rings. The number of hydrogen-bond donors (Lipinski definition) is 4. The summed E-state index contributed by atoms with van der Waals surface area (Å²) < 4.78 is 72.7. The van der Waals surface area contributed by atoms with Gasteiger partial charge in [0, 0.05) is 36.5 Å². The van der Waals surface area contributed by atoms with Crippen LogP contribution < -0.4 is 21.1 Å². The van der Waals surface area contributed by atoms with Gasteiger partial charge in [-0.2, -0.15) is 18.2 Å². The minimum Gasteiger partial charge on any atom is -0.475 e. The van der Waals surface area contributed by atoms with Crippen LogP contribution in [-0.2, 0) is 9.59 Å². The highest BCUT2D eigenvalue weighted by Gasteiger charge is 2.38. The fourth-order valence-corrected chi connectivity index (χ4v) is 2.49. The molecule has 0 aliphatic heterocycles. The smallest absolute Gasteiger partial charge is 0.475 e. The molecule has 0 radical (unpaired) electrons. The highest BCUT2D eigenvalue weighted by molar-refractivity contribution is 5.74. The Morgan fingerprint density at radius 3 is 2.35 bits per heavy atom. The molecule has 186 valence electrons. The van der Waals surface area contributed by atoms with Gasteiger partial charge in [-0.05, 0) is 30.9 Å². The second-order valence-electron chi connectivity index (χ2n) is 6.92. The predicted molar refractivity (Wildman–Crippen MR) is 106 cm³/mol. The minimum absolute atomic E-state index is 0.160. The van der Waals surface area contributed by atoms with E-state index in [1.807, 2.05) is 0 Å². The number of aliphatic carboxylic acids is 1. The number of carbonyl (C=O) groups excluding carboxylic acids is 1. The number of aromatic nitrogens is 2. The molecule has 0 unspecified atom stereocenters. The first kappa shape index (κ1) is 26.5. The summed E-state index contributed by atoms with van der Waals surface area (Å²) in [5.74, 6) is -2.36. The van der Waals surface area contributed by atoms with Crippen molar-refractivity contribution in [2.75, 3.05) is 17.2 Å². The molecule has 5 N–H and O–H groups in total. The molecule has 3 rings (SSSR count). The largest absolute Gasteiger partial charge is 0.573 e. The Bertz CT molecular complexity index is 1010. The number of nitrogens with one attached hydrogen (secondary N) is 2. The summed E-state index contributed by atoms with van der Waals surface area (Å²) in [4.78, 5) is 28.4. The van der Waals surface area contributed by atoms with E-state index in [0.717, 1.165) is 18.4 Å². The van der Waals surface area contributed by atoms with Gasteiger partial charge in [0.15, 0.2) is 0 Å². The Hall–Kier alpha value is -3.78. The van der Waals surface area contributed by atoms with Gasteiger partial charge in [-0.1, -0.05) is 6.07 Å². The average molecular weight is 495 g/mol. The molecule has 0 bridgehead atoms. The topological polar surface area (TPSA) is 139 Å². The first-order chi connectivity index (χ1) is 15.7. The molecule has 34 heavy (non-hydrogen) atoms. The maximum Gasteiger partial charge on any atom is 0.573 e. The summed E-state index contributed by atoms with van der Waals surface area (Å²) in [6.45, 7) is 0.334. The maximum absolute atomic E-state index is 12.3. The lowest BCUT2D eigenvalue weighted by molar-refractivity contribution is -0.274. The molecule has 1 aliphatic carbocycles. The lowest BCUT2D eigenvalue weighted by Crippen LogP contribution is -2.21. The van der Waals surface area contributed by atoms with Crippen molar-refractivity contribution in [2.24, 2.45) is 5.73 Å². The zero-order chi connectivity index (χ0) is 25.5. The number of primary amides is 1. The van der Waals surface area contributed by atoms with Gasteiger partial charge in [0.2, 0.25) is 11.9 Å². The number of nitrogens with zero attached hydrogens (tertiary/aromatic N) is 2. The van der Waals surface area contributed by atoms with Crippen LogP contribution in [0.4, 0.5) is 43.8 Å². The predicted octanol–water partition coefficient (Wildman–Crippen LogP) is 3.92. The summed E-state index contributed by atoms with van der Waals surface area (Å²) >= 11 is 0. The number of nitrogens with two attached hydrogens (primary N) is 1. The number of carbonyl (C=O) groups is 2. The molecule has 1 aromatic carbocycles. The fourth-order valence-electron chi connectivity index (χ4n) is 2.49. The molecule has 1 aromatic heterocycles. The molecule has 9 nitrogen and oxygen atoms in total. The Balaban J connectivity index is 0.000000509. The molecular formula is C19H19F6N5O4. The van der Waals surface area contributed by atoms with Gasteiger partial charge < -0.3 is 26.2 Å². The SMILES string of the molecule is NC(=O)CCNc1nc(Nc2cccc(OC(F)(F)F)c2)ncc1C1CC1.O=C(O)C(F)(F)F. The first-order valence-corrected chi connectivity index (χ1v) is 9.56. The van der Waals surface area contributed by atoms with Gasteiger partial charge in [-0.25, -0.2) is 9.78 Å². The molecule has 1 fully saturated rings. The van der Waals surface area contributed by atoms with Crippen LogP contribution >= 0.6 is 0 Å². The maximum atomic E-state index is 12.3. The highest BCUT2D eigenvalue weighted by atomic mass is 19.4. The van der Waals surface area contributed by atoms with Crippen molar-refractivity contribution in [2.45, 2.75) is 37.7 Å². The quantitative estimate of drug-likeness (QED) is 0.404. The van der Waals surface area contributed by atoms with Gasteiger partial charge in [-0.15, -0.1) is 13.2 Å². The van der Waals surface area contributed by atoms with Crippen LogP contribution in [0.25, 0.3) is 0 Å². The highest BCUT2D eigenvalue weighted by Crippen LogP contribution is 2.42. The first-order valence-electron chi connectivity index (χ1n) is 9.56. The number of carboxylic acid groups (broad SMARTS) is 1. The van der Waals surface area contributed by atoms with Crippen molar-refractivity contribution in [1.29, 1.82) is 0 Å². The Morgan fingerprint density at radius 1 is 1.18 bits per heavy atom. The van der Waals surface area contributed by atoms with E-state index in [-0.39, 0.29) is 18.1 Å². The van der Waals surface area contributed by atoms with Gasteiger partial charge >= 0.3 is 18.5 Å². The van der Waals surface area contributed by atoms with E-state index < -0.39 is 24.4 Å². The van der Waals surface area contributed by atoms with E-state index in [0.29, 0.717) is 24.0 Å². The molecule has 0 saturated heterocycles. The third kappa shape index (κ3) is 9.38. The third-order valence-electron chi connectivity index (χ3n) is 4.06. The number of carboxylic acids is 1. The zero-order valence-corrected chi connectivity index (χ0v) is 17.2. The number of halogens is 6.